The number of H-pyrrole nitrogens is 1. The standard InChI is InChI=1S/C21H18BrFN4O3/c1-12-11-26(7-8-27(12)20(29)13-5-3-2-4-6-13)21(30)18(28)14-9-24-17-16(14)15(23)10-25-19(17)22/h2-6,9-10,12,24H,7-8,11H2,1H3/t12-/m1/s1. The van der Waals surface area contributed by atoms with Crippen molar-refractivity contribution < 1.29 is 18.8 Å². The summed E-state index contributed by atoms with van der Waals surface area (Å²) in [5.74, 6) is -2.31. The van der Waals surface area contributed by atoms with Gasteiger partial charge in [-0.15, -0.1) is 0 Å². The van der Waals surface area contributed by atoms with Crippen LogP contribution < -0.4 is 0 Å². The van der Waals surface area contributed by atoms with E-state index in [-0.39, 0.29) is 36.0 Å². The molecular formula is C21H18BrFN4O3. The zero-order chi connectivity index (χ0) is 21.4. The maximum Gasteiger partial charge on any atom is 0.295 e. The van der Waals surface area contributed by atoms with Crippen molar-refractivity contribution in [1.29, 1.82) is 0 Å². The lowest BCUT2D eigenvalue weighted by Gasteiger charge is -2.39. The Balaban J connectivity index is 1.51. The highest BCUT2D eigenvalue weighted by Crippen LogP contribution is 2.27. The maximum atomic E-state index is 14.3. The topological polar surface area (TPSA) is 86.4 Å². The lowest BCUT2D eigenvalue weighted by molar-refractivity contribution is -0.128. The van der Waals surface area contributed by atoms with Crippen LogP contribution in [-0.2, 0) is 4.79 Å². The number of benzene rings is 1. The molecule has 1 aromatic carbocycles. The van der Waals surface area contributed by atoms with E-state index in [4.69, 9.17) is 0 Å². The van der Waals surface area contributed by atoms with Crippen molar-refractivity contribution >= 4 is 44.4 Å². The molecule has 9 heteroatoms. The van der Waals surface area contributed by atoms with E-state index in [2.05, 4.69) is 25.9 Å². The number of fused-ring (bicyclic) bond motifs is 1. The van der Waals surface area contributed by atoms with Gasteiger partial charge in [-0.1, -0.05) is 18.2 Å². The Morgan fingerprint density at radius 3 is 2.63 bits per heavy atom. The van der Waals surface area contributed by atoms with Crippen molar-refractivity contribution in [2.75, 3.05) is 19.6 Å². The van der Waals surface area contributed by atoms with E-state index in [1.54, 1.807) is 29.2 Å². The second kappa shape index (κ2) is 7.98. The SMILES string of the molecule is C[C@@H]1CN(C(=O)C(=O)c2c[nH]c3c(Br)ncc(F)c23)CCN1C(=O)c1ccccc1. The number of amides is 2. The van der Waals surface area contributed by atoms with Gasteiger partial charge in [-0.25, -0.2) is 9.37 Å². The van der Waals surface area contributed by atoms with Crippen LogP contribution in [0.4, 0.5) is 4.39 Å². The van der Waals surface area contributed by atoms with Crippen molar-refractivity contribution in [2.24, 2.45) is 0 Å². The molecule has 30 heavy (non-hydrogen) atoms. The number of ketones is 1. The average molecular weight is 473 g/mol. The van der Waals surface area contributed by atoms with Crippen LogP contribution in [0.1, 0.15) is 27.6 Å². The molecule has 7 nitrogen and oxygen atoms in total. The summed E-state index contributed by atoms with van der Waals surface area (Å²) in [6.45, 7) is 2.59. The molecule has 0 bridgehead atoms. The molecule has 1 aliphatic rings. The van der Waals surface area contributed by atoms with Crippen LogP contribution in [0, 0.1) is 5.82 Å². The molecule has 0 unspecified atom stereocenters. The Bertz CT molecular complexity index is 1150. The number of nitrogens with zero attached hydrogens (tertiary/aromatic N) is 3. The number of aromatic nitrogens is 2. The zero-order valence-corrected chi connectivity index (χ0v) is 17.6. The number of hydrogen-bond acceptors (Lipinski definition) is 4. The fourth-order valence-corrected chi connectivity index (χ4v) is 4.12. The second-order valence-electron chi connectivity index (χ2n) is 7.14. The lowest BCUT2D eigenvalue weighted by atomic mass is 10.1. The van der Waals surface area contributed by atoms with Gasteiger partial charge in [0.25, 0.3) is 17.6 Å². The highest BCUT2D eigenvalue weighted by molar-refractivity contribution is 9.10. The smallest absolute Gasteiger partial charge is 0.295 e. The quantitative estimate of drug-likeness (QED) is 0.360. The van der Waals surface area contributed by atoms with Gasteiger partial charge in [0.2, 0.25) is 0 Å². The molecule has 4 rings (SSSR count). The Kier molecular flexibility index (Phi) is 5.38. The fourth-order valence-electron chi connectivity index (χ4n) is 3.70. The first kappa shape index (κ1) is 20.2. The van der Waals surface area contributed by atoms with Crippen LogP contribution in [-0.4, -0.2) is 63.0 Å². The monoisotopic (exact) mass is 472 g/mol. The number of hydrogen-bond donors (Lipinski definition) is 1. The highest BCUT2D eigenvalue weighted by atomic mass is 79.9. The minimum absolute atomic E-state index is 0.0289. The van der Waals surface area contributed by atoms with Gasteiger partial charge in [-0.2, -0.15) is 0 Å². The zero-order valence-electron chi connectivity index (χ0n) is 16.1. The van der Waals surface area contributed by atoms with Gasteiger partial charge < -0.3 is 14.8 Å². The third-order valence-electron chi connectivity index (χ3n) is 5.25. The van der Waals surface area contributed by atoms with Crippen LogP contribution in [0.5, 0.6) is 0 Å². The summed E-state index contributed by atoms with van der Waals surface area (Å²) in [5.41, 5.74) is 0.859. The van der Waals surface area contributed by atoms with Crippen LogP contribution in [0.2, 0.25) is 0 Å². The Labute approximate surface area is 180 Å². The molecule has 0 aliphatic carbocycles. The van der Waals surface area contributed by atoms with E-state index < -0.39 is 17.5 Å². The molecule has 1 aliphatic heterocycles. The average Bonchev–Trinajstić information content (AvgIpc) is 3.22. The molecule has 3 heterocycles. The lowest BCUT2D eigenvalue weighted by Crippen LogP contribution is -2.56. The van der Waals surface area contributed by atoms with Crippen LogP contribution >= 0.6 is 15.9 Å². The summed E-state index contributed by atoms with van der Waals surface area (Å²) < 4.78 is 14.6. The minimum Gasteiger partial charge on any atom is -0.358 e. The van der Waals surface area contributed by atoms with E-state index in [0.717, 1.165) is 6.20 Å². The second-order valence-corrected chi connectivity index (χ2v) is 7.89. The minimum atomic E-state index is -0.798. The summed E-state index contributed by atoms with van der Waals surface area (Å²) in [5, 5.41) is 0.0289. The molecule has 2 amide bonds. The summed E-state index contributed by atoms with van der Waals surface area (Å²) in [6, 6.07) is 8.66. The maximum absolute atomic E-state index is 14.3. The first-order valence-electron chi connectivity index (χ1n) is 9.39. The summed E-state index contributed by atoms with van der Waals surface area (Å²) in [4.78, 5) is 48.1. The van der Waals surface area contributed by atoms with Gasteiger partial charge in [-0.05, 0) is 35.0 Å². The highest BCUT2D eigenvalue weighted by Gasteiger charge is 2.34. The Morgan fingerprint density at radius 1 is 1.20 bits per heavy atom. The largest absolute Gasteiger partial charge is 0.358 e. The molecule has 3 aromatic rings. The van der Waals surface area contributed by atoms with Gasteiger partial charge in [-0.3, -0.25) is 14.4 Å². The molecule has 1 atom stereocenters. The van der Waals surface area contributed by atoms with Crippen LogP contribution in [0.25, 0.3) is 10.9 Å². The van der Waals surface area contributed by atoms with Crippen LogP contribution in [0.15, 0.2) is 47.3 Å². The molecule has 2 aromatic heterocycles. The Hall–Kier alpha value is -3.07. The molecule has 0 saturated carbocycles. The number of halogens is 2. The first-order chi connectivity index (χ1) is 14.4. The molecule has 1 fully saturated rings. The number of rotatable bonds is 3. The fraction of sp³-hybridized carbons (Fsp3) is 0.238. The third kappa shape index (κ3) is 3.49. The molecule has 154 valence electrons. The predicted molar refractivity (Wildman–Crippen MR) is 112 cm³/mol. The van der Waals surface area contributed by atoms with Crippen molar-refractivity contribution in [3.8, 4) is 0 Å². The number of aromatic amines is 1. The van der Waals surface area contributed by atoms with Gasteiger partial charge in [0.05, 0.1) is 22.7 Å². The van der Waals surface area contributed by atoms with E-state index in [0.29, 0.717) is 22.2 Å². The number of carbonyl (C=O) groups excluding carboxylic acids is 3. The van der Waals surface area contributed by atoms with Gasteiger partial charge >= 0.3 is 0 Å². The van der Waals surface area contributed by atoms with Crippen molar-refractivity contribution in [3.05, 3.63) is 64.3 Å². The molecular weight excluding hydrogens is 455 g/mol. The summed E-state index contributed by atoms with van der Waals surface area (Å²) in [6.07, 6.45) is 2.32. The van der Waals surface area contributed by atoms with E-state index >= 15 is 0 Å². The molecule has 1 saturated heterocycles. The summed E-state index contributed by atoms with van der Waals surface area (Å²) in [7, 11) is 0. The predicted octanol–water partition coefficient (Wildman–Crippen LogP) is 3.02. The number of carbonyl (C=O) groups is 3. The number of Topliss-reactive ketones (excluding diaryl/α,β-unsaturated/α-hetero) is 1. The van der Waals surface area contributed by atoms with E-state index in [9.17, 15) is 18.8 Å². The molecule has 0 spiro atoms. The molecule has 1 N–H and O–H groups in total. The third-order valence-corrected chi connectivity index (χ3v) is 5.85. The van der Waals surface area contributed by atoms with Gasteiger partial charge in [0, 0.05) is 37.4 Å². The normalized spacial score (nSPS) is 16.7. The number of piperazine rings is 1. The van der Waals surface area contributed by atoms with E-state index in [1.807, 2.05) is 13.0 Å². The van der Waals surface area contributed by atoms with Crippen molar-refractivity contribution in [2.45, 2.75) is 13.0 Å². The Morgan fingerprint density at radius 2 is 1.93 bits per heavy atom. The van der Waals surface area contributed by atoms with Crippen molar-refractivity contribution in [3.63, 3.8) is 0 Å². The first-order valence-corrected chi connectivity index (χ1v) is 10.2. The van der Waals surface area contributed by atoms with Gasteiger partial charge in [0.15, 0.2) is 5.82 Å². The number of nitrogens with one attached hydrogen (secondary N) is 1. The van der Waals surface area contributed by atoms with Crippen LogP contribution in [0.3, 0.4) is 0 Å². The molecule has 0 radical (unpaired) electrons. The van der Waals surface area contributed by atoms with Crippen molar-refractivity contribution in [1.82, 2.24) is 19.8 Å². The van der Waals surface area contributed by atoms with E-state index in [1.165, 1.54) is 11.1 Å². The number of pyridine rings is 1. The summed E-state index contributed by atoms with van der Waals surface area (Å²) >= 11 is 3.20. The van der Waals surface area contributed by atoms with Gasteiger partial charge in [0.1, 0.15) is 4.60 Å².